The lowest BCUT2D eigenvalue weighted by atomic mass is 10.0. The second-order valence-electron chi connectivity index (χ2n) is 5.30. The first kappa shape index (κ1) is 15.1. The van der Waals surface area contributed by atoms with Gasteiger partial charge in [-0.1, -0.05) is 23.7 Å². The first-order valence-corrected chi connectivity index (χ1v) is 7.26. The lowest BCUT2D eigenvalue weighted by Gasteiger charge is -2.36. The Morgan fingerprint density at radius 3 is 2.60 bits per heavy atom. The molecule has 1 aliphatic heterocycles. The van der Waals surface area contributed by atoms with Gasteiger partial charge in [0.2, 0.25) is 0 Å². The zero-order valence-electron chi connectivity index (χ0n) is 11.8. The smallest absolute Gasteiger partial charge is 0.410 e. The number of aliphatic hydroxyl groups is 1. The van der Waals surface area contributed by atoms with Gasteiger partial charge in [0.1, 0.15) is 6.10 Å². The molecule has 1 fully saturated rings. The van der Waals surface area contributed by atoms with Crippen LogP contribution in [0.25, 0.3) is 0 Å². The van der Waals surface area contributed by atoms with Crippen molar-refractivity contribution in [3.05, 3.63) is 34.9 Å². The second-order valence-corrected chi connectivity index (χ2v) is 5.74. The van der Waals surface area contributed by atoms with Gasteiger partial charge in [0, 0.05) is 24.4 Å². The van der Waals surface area contributed by atoms with Gasteiger partial charge in [-0.15, -0.1) is 0 Å². The van der Waals surface area contributed by atoms with Crippen LogP contribution in [0, 0.1) is 0 Å². The number of benzene rings is 1. The van der Waals surface area contributed by atoms with E-state index in [-0.39, 0.29) is 18.2 Å². The number of nitrogens with zero attached hydrogens (tertiary/aromatic N) is 1. The SMILES string of the molecule is CC(O)CC1CCN(C(C)c2ccc(Cl)cc2)C(=O)O1. The Morgan fingerprint density at radius 2 is 2.05 bits per heavy atom. The number of halogens is 1. The molecule has 110 valence electrons. The molecule has 0 bridgehead atoms. The van der Waals surface area contributed by atoms with E-state index in [1.165, 1.54) is 0 Å². The molecule has 3 unspecified atom stereocenters. The van der Waals surface area contributed by atoms with E-state index in [2.05, 4.69) is 0 Å². The van der Waals surface area contributed by atoms with Crippen molar-refractivity contribution in [1.29, 1.82) is 0 Å². The standard InChI is InChI=1S/C15H20ClNO3/c1-10(18)9-14-7-8-17(15(19)20-14)11(2)12-3-5-13(16)6-4-12/h3-6,10-11,14,18H,7-9H2,1-2H3. The fourth-order valence-electron chi connectivity index (χ4n) is 2.46. The van der Waals surface area contributed by atoms with Crippen LogP contribution >= 0.6 is 11.6 Å². The average Bonchev–Trinajstić information content (AvgIpc) is 2.38. The van der Waals surface area contributed by atoms with Crippen LogP contribution in [0.15, 0.2) is 24.3 Å². The van der Waals surface area contributed by atoms with E-state index in [4.69, 9.17) is 16.3 Å². The zero-order valence-corrected chi connectivity index (χ0v) is 12.5. The van der Waals surface area contributed by atoms with Crippen molar-refractivity contribution in [2.24, 2.45) is 0 Å². The number of carbonyl (C=O) groups excluding carboxylic acids is 1. The summed E-state index contributed by atoms with van der Waals surface area (Å²) >= 11 is 5.87. The van der Waals surface area contributed by atoms with Crippen LogP contribution in [0.1, 0.15) is 38.3 Å². The number of aliphatic hydroxyl groups excluding tert-OH is 1. The Morgan fingerprint density at radius 1 is 1.40 bits per heavy atom. The fraction of sp³-hybridized carbons (Fsp3) is 0.533. The summed E-state index contributed by atoms with van der Waals surface area (Å²) in [6, 6.07) is 7.43. The summed E-state index contributed by atoms with van der Waals surface area (Å²) in [7, 11) is 0. The van der Waals surface area contributed by atoms with E-state index < -0.39 is 6.10 Å². The van der Waals surface area contributed by atoms with Crippen molar-refractivity contribution in [2.75, 3.05) is 6.54 Å². The Bertz CT molecular complexity index is 461. The van der Waals surface area contributed by atoms with Gasteiger partial charge in [0.05, 0.1) is 12.1 Å². The molecule has 0 aromatic heterocycles. The maximum absolute atomic E-state index is 12.1. The molecule has 1 aliphatic rings. The summed E-state index contributed by atoms with van der Waals surface area (Å²) in [6.45, 7) is 4.32. The molecule has 0 saturated carbocycles. The quantitative estimate of drug-likeness (QED) is 0.927. The molecule has 1 aromatic rings. The predicted octanol–water partition coefficient (Wildman–Crippen LogP) is 3.38. The molecule has 0 radical (unpaired) electrons. The summed E-state index contributed by atoms with van der Waals surface area (Å²) in [4.78, 5) is 13.8. The minimum atomic E-state index is -0.451. The number of hydrogen-bond acceptors (Lipinski definition) is 3. The Labute approximate surface area is 124 Å². The molecule has 1 amide bonds. The first-order chi connectivity index (χ1) is 9.47. The van der Waals surface area contributed by atoms with Gasteiger partial charge in [-0.2, -0.15) is 0 Å². The normalized spacial score (nSPS) is 22.3. The van der Waals surface area contributed by atoms with Crippen LogP contribution in [0.3, 0.4) is 0 Å². The molecule has 5 heteroatoms. The Kier molecular flexibility index (Phi) is 4.89. The lowest BCUT2D eigenvalue weighted by Crippen LogP contribution is -2.43. The number of rotatable bonds is 4. The molecule has 1 heterocycles. The summed E-state index contributed by atoms with van der Waals surface area (Å²) in [5.41, 5.74) is 1.03. The third-order valence-corrected chi connectivity index (χ3v) is 3.87. The van der Waals surface area contributed by atoms with Crippen LogP contribution in [0.5, 0.6) is 0 Å². The van der Waals surface area contributed by atoms with Gasteiger partial charge in [0.25, 0.3) is 0 Å². The molecule has 3 atom stereocenters. The maximum Gasteiger partial charge on any atom is 0.410 e. The molecule has 4 nitrogen and oxygen atoms in total. The minimum absolute atomic E-state index is 0.0488. The fourth-order valence-corrected chi connectivity index (χ4v) is 2.59. The van der Waals surface area contributed by atoms with E-state index in [1.54, 1.807) is 11.8 Å². The largest absolute Gasteiger partial charge is 0.446 e. The average molecular weight is 298 g/mol. The van der Waals surface area contributed by atoms with Gasteiger partial charge in [0.15, 0.2) is 0 Å². The zero-order chi connectivity index (χ0) is 14.7. The van der Waals surface area contributed by atoms with Crippen LogP contribution in [-0.2, 0) is 4.74 Å². The van der Waals surface area contributed by atoms with Gasteiger partial charge in [-0.25, -0.2) is 4.79 Å². The van der Waals surface area contributed by atoms with Gasteiger partial charge >= 0.3 is 6.09 Å². The molecule has 0 aliphatic carbocycles. The molecule has 0 spiro atoms. The topological polar surface area (TPSA) is 49.8 Å². The highest BCUT2D eigenvalue weighted by Crippen LogP contribution is 2.27. The number of ether oxygens (including phenoxy) is 1. The highest BCUT2D eigenvalue weighted by Gasteiger charge is 2.31. The van der Waals surface area contributed by atoms with E-state index in [1.807, 2.05) is 31.2 Å². The van der Waals surface area contributed by atoms with E-state index >= 15 is 0 Å². The number of amides is 1. The van der Waals surface area contributed by atoms with E-state index in [9.17, 15) is 9.90 Å². The van der Waals surface area contributed by atoms with Crippen LogP contribution in [0.4, 0.5) is 4.79 Å². The highest BCUT2D eigenvalue weighted by molar-refractivity contribution is 6.30. The molecule has 1 saturated heterocycles. The van der Waals surface area contributed by atoms with Crippen LogP contribution in [-0.4, -0.2) is 34.9 Å². The van der Waals surface area contributed by atoms with Crippen molar-refractivity contribution in [1.82, 2.24) is 4.90 Å². The van der Waals surface area contributed by atoms with Gasteiger partial charge in [-0.05, 0) is 31.5 Å². The van der Waals surface area contributed by atoms with Crippen LogP contribution < -0.4 is 0 Å². The third kappa shape index (κ3) is 3.64. The van der Waals surface area contributed by atoms with Gasteiger partial charge in [-0.3, -0.25) is 0 Å². The van der Waals surface area contributed by atoms with Crippen molar-refractivity contribution >= 4 is 17.7 Å². The number of hydrogen-bond donors (Lipinski definition) is 1. The first-order valence-electron chi connectivity index (χ1n) is 6.88. The van der Waals surface area contributed by atoms with Crippen molar-refractivity contribution < 1.29 is 14.6 Å². The molecule has 1 N–H and O–H groups in total. The summed E-state index contributed by atoms with van der Waals surface area (Å²) in [6.07, 6.45) is 0.289. The Hall–Kier alpha value is -1.26. The Balaban J connectivity index is 2.00. The second kappa shape index (κ2) is 6.46. The minimum Gasteiger partial charge on any atom is -0.446 e. The van der Waals surface area contributed by atoms with E-state index in [0.29, 0.717) is 18.0 Å². The molecule has 2 rings (SSSR count). The van der Waals surface area contributed by atoms with E-state index in [0.717, 1.165) is 12.0 Å². The van der Waals surface area contributed by atoms with Crippen LogP contribution in [0.2, 0.25) is 5.02 Å². The monoisotopic (exact) mass is 297 g/mol. The van der Waals surface area contributed by atoms with Crippen molar-refractivity contribution in [3.8, 4) is 0 Å². The lowest BCUT2D eigenvalue weighted by molar-refractivity contribution is -0.00588. The molecular weight excluding hydrogens is 278 g/mol. The molecule has 20 heavy (non-hydrogen) atoms. The molecule has 1 aromatic carbocycles. The summed E-state index contributed by atoms with van der Waals surface area (Å²) in [5, 5.41) is 10.0. The predicted molar refractivity (Wildman–Crippen MR) is 77.8 cm³/mol. The van der Waals surface area contributed by atoms with Crippen molar-refractivity contribution in [3.63, 3.8) is 0 Å². The summed E-state index contributed by atoms with van der Waals surface area (Å²) in [5.74, 6) is 0. The number of cyclic esters (lactones) is 1. The molecular formula is C15H20ClNO3. The third-order valence-electron chi connectivity index (χ3n) is 3.62. The number of carbonyl (C=O) groups is 1. The maximum atomic E-state index is 12.1. The summed E-state index contributed by atoms with van der Waals surface area (Å²) < 4.78 is 5.38. The van der Waals surface area contributed by atoms with Gasteiger partial charge < -0.3 is 14.7 Å². The highest BCUT2D eigenvalue weighted by atomic mass is 35.5. The van der Waals surface area contributed by atoms with Crippen molar-refractivity contribution in [2.45, 2.75) is 44.9 Å².